The number of nitrogens with zero attached hydrogens (tertiary/aromatic N) is 2. The topological polar surface area (TPSA) is 124 Å². The molecule has 0 radical (unpaired) electrons. The van der Waals surface area contributed by atoms with E-state index in [2.05, 4.69) is 14.1 Å². The number of quaternary nitrogens is 2. The summed E-state index contributed by atoms with van der Waals surface area (Å²) in [7, 11) is 7.74. The molecular formula is C42H56Br2N2O10. The fourth-order valence-electron chi connectivity index (χ4n) is 10.5. The van der Waals surface area contributed by atoms with Gasteiger partial charge < -0.3 is 71.4 Å². The van der Waals surface area contributed by atoms with Crippen molar-refractivity contribution in [3.8, 4) is 23.0 Å². The number of fused-ring (bicyclic) bond motifs is 4. The summed E-state index contributed by atoms with van der Waals surface area (Å²) in [6.07, 6.45) is 8.52. The van der Waals surface area contributed by atoms with Crippen LogP contribution in [-0.4, -0.2) is 97.5 Å². The van der Waals surface area contributed by atoms with Gasteiger partial charge in [-0.25, -0.2) is 0 Å². The second kappa shape index (κ2) is 17.7. The van der Waals surface area contributed by atoms with Crippen LogP contribution < -0.4 is 52.9 Å². The zero-order valence-corrected chi connectivity index (χ0v) is 36.5. The molecule has 2 aromatic rings. The molecule has 0 aromatic heterocycles. The molecule has 10 atom stereocenters. The van der Waals surface area contributed by atoms with E-state index >= 15 is 0 Å². The van der Waals surface area contributed by atoms with Gasteiger partial charge in [0.25, 0.3) is 0 Å². The molecule has 2 aromatic carbocycles. The Kier molecular flexibility index (Phi) is 13.9. The third-order valence-corrected chi connectivity index (χ3v) is 13.6. The van der Waals surface area contributed by atoms with Crippen LogP contribution in [0.5, 0.6) is 23.0 Å². The Morgan fingerprint density at radius 1 is 0.554 bits per heavy atom. The normalized spacial score (nSPS) is 32.4. The van der Waals surface area contributed by atoms with Gasteiger partial charge in [-0.15, -0.1) is 0 Å². The first-order valence-corrected chi connectivity index (χ1v) is 19.6. The number of halogens is 2. The molecule has 56 heavy (non-hydrogen) atoms. The highest BCUT2D eigenvalue weighted by Gasteiger charge is 2.55. The second-order valence-electron chi connectivity index (χ2n) is 16.8. The van der Waals surface area contributed by atoms with Crippen molar-refractivity contribution >= 4 is 23.9 Å². The van der Waals surface area contributed by atoms with Crippen LogP contribution >= 0.6 is 0 Å². The van der Waals surface area contributed by atoms with E-state index in [9.17, 15) is 19.2 Å². The van der Waals surface area contributed by atoms with E-state index in [4.69, 9.17) is 28.4 Å². The van der Waals surface area contributed by atoms with Gasteiger partial charge in [-0.3, -0.25) is 19.2 Å². The summed E-state index contributed by atoms with van der Waals surface area (Å²) < 4.78 is 35.8. The Hall–Kier alpha value is -3.20. The second-order valence-corrected chi connectivity index (χ2v) is 16.8. The molecule has 4 saturated heterocycles. The maximum absolute atomic E-state index is 13.5. The molecule has 5 aliphatic rings. The van der Waals surface area contributed by atoms with Gasteiger partial charge in [0.2, 0.25) is 0 Å². The third-order valence-electron chi connectivity index (χ3n) is 13.6. The average molecular weight is 909 g/mol. The summed E-state index contributed by atoms with van der Waals surface area (Å²) in [6, 6.07) is 12.9. The van der Waals surface area contributed by atoms with E-state index < -0.39 is 11.8 Å². The first-order valence-electron chi connectivity index (χ1n) is 19.6. The van der Waals surface area contributed by atoms with Gasteiger partial charge in [-0.1, -0.05) is 0 Å². The van der Waals surface area contributed by atoms with Crippen LogP contribution in [-0.2, 0) is 41.7 Å². The molecule has 5 fully saturated rings. The molecule has 6 unspecified atom stereocenters. The number of benzene rings is 2. The summed E-state index contributed by atoms with van der Waals surface area (Å²) in [5, 5.41) is 0. The van der Waals surface area contributed by atoms with Gasteiger partial charge in [0, 0.05) is 76.3 Å². The molecule has 1 saturated carbocycles. The molecule has 4 bridgehead atoms. The third kappa shape index (κ3) is 8.78. The van der Waals surface area contributed by atoms with Crippen LogP contribution in [0.15, 0.2) is 36.4 Å². The predicted octanol–water partition coefficient (Wildman–Crippen LogP) is -0.345. The Balaban J connectivity index is 0.00000300. The van der Waals surface area contributed by atoms with Crippen molar-refractivity contribution < 1.29 is 90.5 Å². The van der Waals surface area contributed by atoms with E-state index in [1.54, 1.807) is 26.4 Å². The number of hydrogen-bond acceptors (Lipinski definition) is 10. The minimum atomic E-state index is -0.438. The zero-order valence-electron chi connectivity index (χ0n) is 33.3. The lowest BCUT2D eigenvalue weighted by molar-refractivity contribution is -0.961. The molecule has 14 heteroatoms. The first kappa shape index (κ1) is 43.9. The van der Waals surface area contributed by atoms with Crippen molar-refractivity contribution in [2.75, 3.05) is 28.3 Å². The largest absolute Gasteiger partial charge is 1.00 e. The molecule has 4 heterocycles. The van der Waals surface area contributed by atoms with Gasteiger partial charge in [0.1, 0.15) is 25.3 Å². The molecule has 308 valence electrons. The molecule has 7 rings (SSSR count). The van der Waals surface area contributed by atoms with Crippen molar-refractivity contribution in [1.82, 2.24) is 0 Å². The molecule has 0 spiro atoms. The molecule has 0 N–H and O–H groups in total. The van der Waals surface area contributed by atoms with Crippen molar-refractivity contribution in [1.29, 1.82) is 0 Å². The minimum absolute atomic E-state index is 0. The van der Waals surface area contributed by atoms with Crippen molar-refractivity contribution in [3.63, 3.8) is 0 Å². The van der Waals surface area contributed by atoms with Crippen molar-refractivity contribution in [2.45, 2.75) is 128 Å². The van der Waals surface area contributed by atoms with Gasteiger partial charge in [0.05, 0.1) is 64.3 Å². The molecule has 0 amide bonds. The van der Waals surface area contributed by atoms with Crippen LogP contribution in [0.1, 0.15) is 89.2 Å². The maximum Gasteiger partial charge on any atom is 0.310 e. The zero-order chi connectivity index (χ0) is 38.4. The summed E-state index contributed by atoms with van der Waals surface area (Å²) >= 11 is 0. The predicted molar refractivity (Wildman–Crippen MR) is 196 cm³/mol. The molecular weight excluding hydrogens is 852 g/mol. The number of methoxy groups -OCH3 is 2. The fraction of sp³-hybridized carbons (Fsp3) is 0.619. The van der Waals surface area contributed by atoms with Crippen LogP contribution in [0.25, 0.3) is 0 Å². The van der Waals surface area contributed by atoms with E-state index in [0.717, 1.165) is 84.5 Å². The number of carbonyl (C=O) groups excluding carboxylic acids is 4. The van der Waals surface area contributed by atoms with Gasteiger partial charge >= 0.3 is 23.9 Å². The maximum atomic E-state index is 13.5. The van der Waals surface area contributed by atoms with Crippen molar-refractivity contribution in [2.24, 2.45) is 11.8 Å². The lowest BCUT2D eigenvalue weighted by Crippen LogP contribution is -3.00. The Morgan fingerprint density at radius 2 is 0.893 bits per heavy atom. The van der Waals surface area contributed by atoms with Gasteiger partial charge in [-0.2, -0.15) is 0 Å². The Labute approximate surface area is 351 Å². The van der Waals surface area contributed by atoms with E-state index in [0.29, 0.717) is 60.0 Å². The van der Waals surface area contributed by atoms with E-state index in [-0.39, 0.29) is 70.0 Å². The number of ether oxygens (including phenoxy) is 6. The van der Waals surface area contributed by atoms with Crippen LogP contribution in [0.4, 0.5) is 0 Å². The highest BCUT2D eigenvalue weighted by molar-refractivity contribution is 5.84. The SMILES string of the molecule is COc1cc(C[N+]2(C)[C@@H]3CC[C@H]2CC(OC(=O)C2CCC2C(=O)OC2C[C@H]4CC[C@@H](C2)[N+]4(C)Cc2ccc(OC(C)=O)c(OC)c2)C3)ccc1OC(C)=O.[Br-].[Br-]. The highest BCUT2D eigenvalue weighted by Crippen LogP contribution is 2.47. The lowest BCUT2D eigenvalue weighted by Gasteiger charge is -2.47. The summed E-state index contributed by atoms with van der Waals surface area (Å²) in [6.45, 7) is 4.37. The smallest absolute Gasteiger partial charge is 0.310 e. The molecule has 1 aliphatic carbocycles. The number of rotatable bonds is 12. The minimum Gasteiger partial charge on any atom is -1.00 e. The standard InChI is InChI=1S/C42H56N2O10.2BrH/c1-25(45)51-37-15-7-27(17-39(37)49-5)23-43(3)29-9-10-30(43)20-33(19-29)53-41(47)35-13-14-36(35)42(48)54-34-21-31-11-12-32(22-34)44(31,4)24-28-8-16-38(52-26(2)46)40(18-28)50-6;;/h7-8,15-18,29-36H,9-14,19-24H2,1-6H3;2*1H/q+2;;/p-2/t29-,30+,31-,32+,33?,34?,35?,36?,43?,44?;;. The lowest BCUT2D eigenvalue weighted by atomic mass is 9.73. The quantitative estimate of drug-likeness (QED) is 0.159. The van der Waals surface area contributed by atoms with Gasteiger partial charge in [0.15, 0.2) is 23.0 Å². The fourth-order valence-corrected chi connectivity index (χ4v) is 10.5. The average Bonchev–Trinajstić information content (AvgIpc) is 3.32. The van der Waals surface area contributed by atoms with Crippen LogP contribution in [0.3, 0.4) is 0 Å². The Bertz CT molecular complexity index is 1630. The monoisotopic (exact) mass is 906 g/mol. The number of piperidine rings is 2. The summed E-state index contributed by atoms with van der Waals surface area (Å²) in [5.41, 5.74) is 2.21. The van der Waals surface area contributed by atoms with E-state index in [1.807, 2.05) is 24.3 Å². The molecule has 12 nitrogen and oxygen atoms in total. The first-order chi connectivity index (χ1) is 25.8. The number of carbonyl (C=O) groups is 4. The molecule has 4 aliphatic heterocycles. The summed E-state index contributed by atoms with van der Waals surface area (Å²) in [5.74, 6) is -0.257. The highest BCUT2D eigenvalue weighted by atomic mass is 79.9. The number of hydrogen-bond donors (Lipinski definition) is 0. The number of esters is 4. The van der Waals surface area contributed by atoms with Crippen LogP contribution in [0.2, 0.25) is 0 Å². The van der Waals surface area contributed by atoms with Crippen LogP contribution in [0, 0.1) is 11.8 Å². The van der Waals surface area contributed by atoms with Crippen molar-refractivity contribution in [3.05, 3.63) is 47.5 Å². The van der Waals surface area contributed by atoms with E-state index in [1.165, 1.54) is 13.8 Å². The Morgan fingerprint density at radius 3 is 1.18 bits per heavy atom. The summed E-state index contributed by atoms with van der Waals surface area (Å²) in [4.78, 5) is 50.1. The van der Waals surface area contributed by atoms with Gasteiger partial charge in [-0.05, 0) is 49.2 Å².